The lowest BCUT2D eigenvalue weighted by molar-refractivity contribution is 0.219. The predicted molar refractivity (Wildman–Crippen MR) is 80.4 cm³/mol. The van der Waals surface area contributed by atoms with Crippen molar-refractivity contribution in [2.24, 2.45) is 0 Å². The van der Waals surface area contributed by atoms with Crippen LogP contribution in [0.3, 0.4) is 0 Å². The van der Waals surface area contributed by atoms with Crippen molar-refractivity contribution in [2.75, 3.05) is 0 Å². The molecule has 2 aromatic carbocycles. The fraction of sp³-hybridized carbons (Fsp3) is 0.333. The SMILES string of the molecule is Cc1ccc(C(C)(C)C)cc1C(O)c1ccccc1. The minimum atomic E-state index is -0.552. The van der Waals surface area contributed by atoms with Gasteiger partial charge in [0.15, 0.2) is 0 Å². The zero-order valence-electron chi connectivity index (χ0n) is 12.1. The van der Waals surface area contributed by atoms with Gasteiger partial charge in [-0.05, 0) is 34.6 Å². The average Bonchev–Trinajstić information content (AvgIpc) is 2.38. The average molecular weight is 254 g/mol. The molecule has 100 valence electrons. The molecule has 0 amide bonds. The molecule has 0 aliphatic carbocycles. The van der Waals surface area contributed by atoms with Crippen LogP contribution in [0.5, 0.6) is 0 Å². The summed E-state index contributed by atoms with van der Waals surface area (Å²) in [5, 5.41) is 10.6. The molecule has 0 spiro atoms. The van der Waals surface area contributed by atoms with Gasteiger partial charge in [-0.25, -0.2) is 0 Å². The number of rotatable bonds is 2. The van der Waals surface area contributed by atoms with E-state index in [1.807, 2.05) is 37.3 Å². The lowest BCUT2D eigenvalue weighted by Gasteiger charge is -2.22. The summed E-state index contributed by atoms with van der Waals surface area (Å²) < 4.78 is 0. The molecule has 0 radical (unpaired) electrons. The summed E-state index contributed by atoms with van der Waals surface area (Å²) in [6.07, 6.45) is -0.552. The summed E-state index contributed by atoms with van der Waals surface area (Å²) in [5.41, 5.74) is 4.42. The lowest BCUT2D eigenvalue weighted by Crippen LogP contribution is -2.13. The van der Waals surface area contributed by atoms with E-state index in [1.165, 1.54) is 5.56 Å². The second-order valence-electron chi connectivity index (χ2n) is 6.13. The molecule has 1 nitrogen and oxygen atoms in total. The molecule has 0 bridgehead atoms. The highest BCUT2D eigenvalue weighted by atomic mass is 16.3. The highest BCUT2D eigenvalue weighted by molar-refractivity contribution is 5.40. The Morgan fingerprint density at radius 2 is 1.58 bits per heavy atom. The Morgan fingerprint density at radius 1 is 0.947 bits per heavy atom. The van der Waals surface area contributed by atoms with Crippen molar-refractivity contribution < 1.29 is 5.11 Å². The first-order chi connectivity index (χ1) is 8.89. The van der Waals surface area contributed by atoms with Crippen molar-refractivity contribution in [3.05, 3.63) is 70.8 Å². The molecule has 2 aromatic rings. The summed E-state index contributed by atoms with van der Waals surface area (Å²) in [4.78, 5) is 0. The fourth-order valence-corrected chi connectivity index (χ4v) is 2.22. The van der Waals surface area contributed by atoms with Crippen LogP contribution in [0.25, 0.3) is 0 Å². The number of benzene rings is 2. The van der Waals surface area contributed by atoms with E-state index < -0.39 is 6.10 Å². The standard InChI is InChI=1S/C18H22O/c1-13-10-11-15(18(2,3)4)12-16(13)17(19)14-8-6-5-7-9-14/h5-12,17,19H,1-4H3. The van der Waals surface area contributed by atoms with Gasteiger partial charge in [-0.2, -0.15) is 0 Å². The van der Waals surface area contributed by atoms with E-state index >= 15 is 0 Å². The predicted octanol–water partition coefficient (Wildman–Crippen LogP) is 4.37. The second-order valence-corrected chi connectivity index (χ2v) is 6.13. The normalized spacial score (nSPS) is 13.3. The van der Waals surface area contributed by atoms with Crippen LogP contribution < -0.4 is 0 Å². The first-order valence-electron chi connectivity index (χ1n) is 6.73. The van der Waals surface area contributed by atoms with Gasteiger partial charge in [0.1, 0.15) is 6.10 Å². The Labute approximate surface area is 115 Å². The highest BCUT2D eigenvalue weighted by Gasteiger charge is 2.18. The Kier molecular flexibility index (Phi) is 3.77. The van der Waals surface area contributed by atoms with Crippen LogP contribution in [0.15, 0.2) is 48.5 Å². The van der Waals surface area contributed by atoms with Crippen LogP contribution >= 0.6 is 0 Å². The smallest absolute Gasteiger partial charge is 0.104 e. The number of aryl methyl sites for hydroxylation is 1. The Hall–Kier alpha value is -1.60. The van der Waals surface area contributed by atoms with E-state index in [9.17, 15) is 5.11 Å². The topological polar surface area (TPSA) is 20.2 Å². The number of hydrogen-bond acceptors (Lipinski definition) is 1. The van der Waals surface area contributed by atoms with Crippen molar-refractivity contribution in [3.8, 4) is 0 Å². The van der Waals surface area contributed by atoms with E-state index in [0.29, 0.717) is 0 Å². The largest absolute Gasteiger partial charge is 0.384 e. The molecule has 0 saturated carbocycles. The van der Waals surface area contributed by atoms with E-state index in [2.05, 4.69) is 39.0 Å². The molecule has 0 aliphatic rings. The molecule has 1 unspecified atom stereocenters. The molecule has 0 fully saturated rings. The molecule has 1 atom stereocenters. The van der Waals surface area contributed by atoms with Gasteiger partial charge >= 0.3 is 0 Å². The fourth-order valence-electron chi connectivity index (χ4n) is 2.22. The van der Waals surface area contributed by atoms with Crippen molar-refractivity contribution in [1.82, 2.24) is 0 Å². The van der Waals surface area contributed by atoms with Crippen molar-refractivity contribution in [1.29, 1.82) is 0 Å². The van der Waals surface area contributed by atoms with Gasteiger partial charge in [0.25, 0.3) is 0 Å². The third-order valence-corrected chi connectivity index (χ3v) is 3.56. The third-order valence-electron chi connectivity index (χ3n) is 3.56. The summed E-state index contributed by atoms with van der Waals surface area (Å²) in [6.45, 7) is 8.62. The maximum Gasteiger partial charge on any atom is 0.104 e. The maximum atomic E-state index is 10.6. The molecule has 2 rings (SSSR count). The molecular formula is C18H22O. The van der Waals surface area contributed by atoms with Crippen LogP contribution in [0.4, 0.5) is 0 Å². The van der Waals surface area contributed by atoms with Crippen LogP contribution in [0.2, 0.25) is 0 Å². The molecule has 0 saturated heterocycles. The molecule has 1 heteroatoms. The van der Waals surface area contributed by atoms with E-state index in [0.717, 1.165) is 16.7 Å². The number of aliphatic hydroxyl groups excluding tert-OH is 1. The van der Waals surface area contributed by atoms with Crippen LogP contribution in [-0.2, 0) is 5.41 Å². The van der Waals surface area contributed by atoms with Crippen LogP contribution in [0, 0.1) is 6.92 Å². The van der Waals surface area contributed by atoms with Crippen molar-refractivity contribution in [2.45, 2.75) is 39.2 Å². The molecule has 1 N–H and O–H groups in total. The molecule has 0 aromatic heterocycles. The summed E-state index contributed by atoms with van der Waals surface area (Å²) in [7, 11) is 0. The van der Waals surface area contributed by atoms with E-state index in [-0.39, 0.29) is 5.41 Å². The summed E-state index contributed by atoms with van der Waals surface area (Å²) in [5.74, 6) is 0. The van der Waals surface area contributed by atoms with Crippen molar-refractivity contribution in [3.63, 3.8) is 0 Å². The first kappa shape index (κ1) is 13.8. The van der Waals surface area contributed by atoms with Crippen molar-refractivity contribution >= 4 is 0 Å². The second kappa shape index (κ2) is 5.18. The third kappa shape index (κ3) is 3.05. The quantitative estimate of drug-likeness (QED) is 0.843. The van der Waals surface area contributed by atoms with Crippen LogP contribution in [-0.4, -0.2) is 5.11 Å². The van der Waals surface area contributed by atoms with E-state index in [1.54, 1.807) is 0 Å². The monoisotopic (exact) mass is 254 g/mol. The Morgan fingerprint density at radius 3 is 2.16 bits per heavy atom. The summed E-state index contributed by atoms with van der Waals surface area (Å²) in [6, 6.07) is 16.2. The lowest BCUT2D eigenvalue weighted by atomic mass is 9.84. The molecular weight excluding hydrogens is 232 g/mol. The Balaban J connectivity index is 2.45. The Bertz CT molecular complexity index is 550. The number of aliphatic hydroxyl groups is 1. The minimum Gasteiger partial charge on any atom is -0.384 e. The molecule has 0 heterocycles. The first-order valence-corrected chi connectivity index (χ1v) is 6.73. The summed E-state index contributed by atoms with van der Waals surface area (Å²) >= 11 is 0. The van der Waals surface area contributed by atoms with Gasteiger partial charge < -0.3 is 5.11 Å². The van der Waals surface area contributed by atoms with Gasteiger partial charge in [-0.1, -0.05) is 69.3 Å². The van der Waals surface area contributed by atoms with Gasteiger partial charge in [-0.3, -0.25) is 0 Å². The minimum absolute atomic E-state index is 0.0961. The van der Waals surface area contributed by atoms with Gasteiger partial charge in [0.2, 0.25) is 0 Å². The molecule has 0 aliphatic heterocycles. The van der Waals surface area contributed by atoms with Crippen LogP contribution in [0.1, 0.15) is 49.1 Å². The van der Waals surface area contributed by atoms with Gasteiger partial charge in [0, 0.05) is 0 Å². The highest BCUT2D eigenvalue weighted by Crippen LogP contribution is 2.30. The van der Waals surface area contributed by atoms with Gasteiger partial charge in [-0.15, -0.1) is 0 Å². The zero-order chi connectivity index (χ0) is 14.0. The zero-order valence-corrected chi connectivity index (χ0v) is 12.1. The maximum absolute atomic E-state index is 10.6. The van der Waals surface area contributed by atoms with Gasteiger partial charge in [0.05, 0.1) is 0 Å². The number of hydrogen-bond donors (Lipinski definition) is 1. The molecule has 19 heavy (non-hydrogen) atoms. The van der Waals surface area contributed by atoms with E-state index in [4.69, 9.17) is 0 Å².